The predicted molar refractivity (Wildman–Crippen MR) is 46.9 cm³/mol. The minimum atomic E-state index is 0.0125. The zero-order valence-electron chi connectivity index (χ0n) is 5.52. The van der Waals surface area contributed by atoms with Crippen molar-refractivity contribution < 1.29 is 5.11 Å². The van der Waals surface area contributed by atoms with E-state index in [1.54, 1.807) is 0 Å². The first-order chi connectivity index (χ1) is 4.33. The van der Waals surface area contributed by atoms with Gasteiger partial charge in [-0.15, -0.1) is 0 Å². The molecule has 2 heteroatoms. The third kappa shape index (κ3) is 2.42. The van der Waals surface area contributed by atoms with Gasteiger partial charge < -0.3 is 5.11 Å². The summed E-state index contributed by atoms with van der Waals surface area (Å²) >= 11 is 2.41. The molecule has 1 saturated carbocycles. The summed E-state index contributed by atoms with van der Waals surface area (Å²) in [7, 11) is 0. The van der Waals surface area contributed by atoms with Gasteiger partial charge in [-0.05, 0) is 25.2 Å². The second-order valence-corrected chi connectivity index (χ2v) is 3.72. The van der Waals surface area contributed by atoms with Crippen LogP contribution in [0.25, 0.3) is 0 Å². The summed E-state index contributed by atoms with van der Waals surface area (Å²) in [6.45, 7) is 0. The van der Waals surface area contributed by atoms with Crippen LogP contribution in [0.15, 0.2) is 0 Å². The van der Waals surface area contributed by atoms with Gasteiger partial charge >= 0.3 is 0 Å². The van der Waals surface area contributed by atoms with Gasteiger partial charge in [0.1, 0.15) is 0 Å². The Morgan fingerprint density at radius 1 is 1.44 bits per heavy atom. The van der Waals surface area contributed by atoms with Crippen LogP contribution >= 0.6 is 22.6 Å². The summed E-state index contributed by atoms with van der Waals surface area (Å²) < 4.78 is 1.22. The minimum absolute atomic E-state index is 0.0125. The number of aliphatic hydroxyl groups excluding tert-OH is 1. The van der Waals surface area contributed by atoms with Crippen molar-refractivity contribution in [3.8, 4) is 0 Å². The summed E-state index contributed by atoms with van der Waals surface area (Å²) in [5, 5.41) is 9.21. The Bertz CT molecular complexity index is 85.0. The lowest BCUT2D eigenvalue weighted by Gasteiger charge is -2.23. The van der Waals surface area contributed by atoms with Gasteiger partial charge in [0, 0.05) is 4.43 Å². The second kappa shape index (κ2) is 3.76. The van der Waals surface area contributed by atoms with E-state index in [2.05, 4.69) is 22.6 Å². The highest BCUT2D eigenvalue weighted by Crippen LogP contribution is 2.25. The fourth-order valence-corrected chi connectivity index (χ4v) is 2.20. The first-order valence-corrected chi connectivity index (χ1v) is 5.09. The first-order valence-electron chi connectivity index (χ1n) is 3.57. The van der Waals surface area contributed by atoms with Gasteiger partial charge in [-0.1, -0.05) is 29.0 Å². The van der Waals surface area contributed by atoms with E-state index in [1.165, 1.54) is 17.3 Å². The molecule has 0 aromatic carbocycles. The lowest BCUT2D eigenvalue weighted by atomic mass is 9.89. The number of alkyl halides is 1. The summed E-state index contributed by atoms with van der Waals surface area (Å²) in [5.41, 5.74) is 0. The molecular formula is C7H13IO. The Morgan fingerprint density at radius 3 is 2.67 bits per heavy atom. The van der Waals surface area contributed by atoms with Crippen molar-refractivity contribution >= 4 is 22.6 Å². The summed E-state index contributed by atoms with van der Waals surface area (Å²) in [5.74, 6) is 0.800. The van der Waals surface area contributed by atoms with Crippen molar-refractivity contribution in [2.45, 2.75) is 31.8 Å². The van der Waals surface area contributed by atoms with Gasteiger partial charge in [0.25, 0.3) is 0 Å². The molecule has 0 aliphatic heterocycles. The maximum absolute atomic E-state index is 9.21. The Kier molecular flexibility index (Phi) is 3.26. The molecule has 1 fully saturated rings. The smallest absolute Gasteiger partial charge is 0.0543 e. The van der Waals surface area contributed by atoms with Gasteiger partial charge in [0.05, 0.1) is 6.10 Å². The topological polar surface area (TPSA) is 20.2 Å². The van der Waals surface area contributed by atoms with E-state index in [0.717, 1.165) is 18.8 Å². The average Bonchev–Trinajstić information content (AvgIpc) is 1.88. The highest BCUT2D eigenvalue weighted by Gasteiger charge is 2.18. The third-order valence-corrected chi connectivity index (χ3v) is 3.22. The lowest BCUT2D eigenvalue weighted by molar-refractivity contribution is 0.108. The van der Waals surface area contributed by atoms with E-state index in [9.17, 15) is 5.11 Å². The van der Waals surface area contributed by atoms with Crippen molar-refractivity contribution in [2.75, 3.05) is 4.43 Å². The molecule has 1 aliphatic rings. The number of aliphatic hydroxyl groups is 1. The molecule has 0 aromatic rings. The Morgan fingerprint density at radius 2 is 2.22 bits per heavy atom. The molecule has 0 amide bonds. The summed E-state index contributed by atoms with van der Waals surface area (Å²) in [4.78, 5) is 0. The molecule has 0 aromatic heterocycles. The molecule has 9 heavy (non-hydrogen) atoms. The first kappa shape index (κ1) is 7.79. The van der Waals surface area contributed by atoms with E-state index in [0.29, 0.717) is 0 Å². The molecule has 0 spiro atoms. The normalized spacial score (nSPS) is 36.7. The lowest BCUT2D eigenvalue weighted by Crippen LogP contribution is -2.19. The van der Waals surface area contributed by atoms with E-state index in [1.807, 2.05) is 0 Å². The molecule has 0 unspecified atom stereocenters. The van der Waals surface area contributed by atoms with Crippen LogP contribution in [0.5, 0.6) is 0 Å². The van der Waals surface area contributed by atoms with E-state index >= 15 is 0 Å². The maximum atomic E-state index is 9.21. The molecular weight excluding hydrogens is 227 g/mol. The molecule has 1 rings (SSSR count). The molecule has 54 valence electrons. The summed E-state index contributed by atoms with van der Waals surface area (Å²) in [6, 6.07) is 0. The van der Waals surface area contributed by atoms with E-state index in [4.69, 9.17) is 0 Å². The predicted octanol–water partition coefficient (Wildman–Crippen LogP) is 1.97. The average molecular weight is 240 g/mol. The van der Waals surface area contributed by atoms with Gasteiger partial charge in [0.15, 0.2) is 0 Å². The Labute approximate surface area is 70.0 Å². The number of hydrogen-bond acceptors (Lipinski definition) is 1. The molecule has 1 aliphatic carbocycles. The minimum Gasteiger partial charge on any atom is -0.393 e. The third-order valence-electron chi connectivity index (χ3n) is 1.97. The van der Waals surface area contributed by atoms with Gasteiger partial charge in [0.2, 0.25) is 0 Å². The molecule has 0 saturated heterocycles. The Balaban J connectivity index is 2.23. The van der Waals surface area contributed by atoms with Crippen LogP contribution < -0.4 is 0 Å². The van der Waals surface area contributed by atoms with Crippen molar-refractivity contribution in [1.82, 2.24) is 0 Å². The molecule has 1 N–H and O–H groups in total. The van der Waals surface area contributed by atoms with Gasteiger partial charge in [-0.3, -0.25) is 0 Å². The van der Waals surface area contributed by atoms with Crippen LogP contribution in [0.2, 0.25) is 0 Å². The monoisotopic (exact) mass is 240 g/mol. The standard InChI is InChI=1S/C7H13IO/c8-5-6-2-1-3-7(9)4-6/h6-7,9H,1-5H2/t6-,7+/m1/s1. The maximum Gasteiger partial charge on any atom is 0.0543 e. The van der Waals surface area contributed by atoms with Crippen LogP contribution in [0.4, 0.5) is 0 Å². The van der Waals surface area contributed by atoms with Crippen molar-refractivity contribution in [3.05, 3.63) is 0 Å². The SMILES string of the molecule is O[C@H]1CCC[C@@H](CI)C1. The zero-order valence-corrected chi connectivity index (χ0v) is 7.67. The van der Waals surface area contributed by atoms with E-state index in [-0.39, 0.29) is 6.10 Å². The number of rotatable bonds is 1. The second-order valence-electron chi connectivity index (χ2n) is 2.84. The van der Waals surface area contributed by atoms with E-state index < -0.39 is 0 Å². The van der Waals surface area contributed by atoms with Crippen LogP contribution in [-0.2, 0) is 0 Å². The highest BCUT2D eigenvalue weighted by atomic mass is 127. The number of halogens is 1. The fraction of sp³-hybridized carbons (Fsp3) is 1.00. The zero-order chi connectivity index (χ0) is 6.69. The van der Waals surface area contributed by atoms with Gasteiger partial charge in [-0.2, -0.15) is 0 Å². The fourth-order valence-electron chi connectivity index (χ4n) is 1.40. The molecule has 1 nitrogen and oxygen atoms in total. The Hall–Kier alpha value is 0.690. The van der Waals surface area contributed by atoms with Crippen molar-refractivity contribution in [1.29, 1.82) is 0 Å². The highest BCUT2D eigenvalue weighted by molar-refractivity contribution is 14.1. The number of hydrogen-bond donors (Lipinski definition) is 1. The van der Waals surface area contributed by atoms with Crippen LogP contribution in [-0.4, -0.2) is 15.6 Å². The molecule has 2 atom stereocenters. The van der Waals surface area contributed by atoms with Crippen LogP contribution in [0.3, 0.4) is 0 Å². The summed E-state index contributed by atoms with van der Waals surface area (Å²) in [6.07, 6.45) is 4.66. The quantitative estimate of drug-likeness (QED) is 0.548. The van der Waals surface area contributed by atoms with Crippen molar-refractivity contribution in [3.63, 3.8) is 0 Å². The molecule has 0 heterocycles. The van der Waals surface area contributed by atoms with Crippen molar-refractivity contribution in [2.24, 2.45) is 5.92 Å². The van der Waals surface area contributed by atoms with Crippen LogP contribution in [0, 0.1) is 5.92 Å². The largest absolute Gasteiger partial charge is 0.393 e. The molecule has 0 radical (unpaired) electrons. The van der Waals surface area contributed by atoms with Gasteiger partial charge in [-0.25, -0.2) is 0 Å². The van der Waals surface area contributed by atoms with Crippen LogP contribution in [0.1, 0.15) is 25.7 Å². The molecule has 0 bridgehead atoms.